The van der Waals surface area contributed by atoms with E-state index in [1.54, 1.807) is 6.20 Å². The summed E-state index contributed by atoms with van der Waals surface area (Å²) < 4.78 is 7.75. The van der Waals surface area contributed by atoms with Gasteiger partial charge in [0.15, 0.2) is 0 Å². The molecule has 3 aromatic heterocycles. The highest BCUT2D eigenvalue weighted by Crippen LogP contribution is 2.37. The van der Waals surface area contributed by atoms with Crippen molar-refractivity contribution in [3.05, 3.63) is 87.7 Å². The standard InChI is InChI=1S/C42H48IN9O2/c1-49(2)39-13-7-31(22-43-39)37-21-32(26-52-41(37)33(23-44)24-46-52)34-25-45-51(27-34)36-10-3-28(4-11-36)15-18-50-19-16-30(17-20-50)29-5-8-35(9-6-29)47-38-12-14-40(53)48-42(38)54/h5-9,13,21-22,24-28,30,36,38,47H,3-4,10-12,14-20H2,1-2H3,(H,48,53,54). The van der Waals surface area contributed by atoms with E-state index in [1.807, 2.05) is 16.9 Å². The number of nitrogens with one attached hydrogen (secondary N) is 2. The molecule has 2 saturated heterocycles. The number of hydrogen-bond donors (Lipinski definition) is 2. The Labute approximate surface area is 326 Å². The maximum atomic E-state index is 12.1. The first-order valence-electron chi connectivity index (χ1n) is 19.3. The molecule has 12 heteroatoms. The van der Waals surface area contributed by atoms with Crippen molar-refractivity contribution in [1.82, 2.24) is 34.5 Å². The molecule has 6 heterocycles. The number of amides is 2. The van der Waals surface area contributed by atoms with Crippen molar-refractivity contribution in [1.29, 1.82) is 5.26 Å². The van der Waals surface area contributed by atoms with Crippen molar-refractivity contribution in [2.45, 2.75) is 75.8 Å². The molecule has 1 atom stereocenters. The molecule has 2 N–H and O–H groups in total. The Balaban J connectivity index is 0.821. The summed E-state index contributed by atoms with van der Waals surface area (Å²) >= 11 is -0.267. The van der Waals surface area contributed by atoms with E-state index in [-0.39, 0.29) is 38.6 Å². The van der Waals surface area contributed by atoms with Gasteiger partial charge in [0.2, 0.25) is 11.8 Å². The van der Waals surface area contributed by atoms with E-state index >= 15 is 0 Å². The Bertz CT molecular complexity index is 2160. The highest BCUT2D eigenvalue weighted by Gasteiger charge is 2.28. The van der Waals surface area contributed by atoms with E-state index in [0.29, 0.717) is 30.4 Å². The van der Waals surface area contributed by atoms with Crippen LogP contribution in [-0.2, 0) is 9.59 Å². The Morgan fingerprint density at radius 1 is 0.963 bits per heavy atom. The molecule has 1 aliphatic carbocycles. The largest absolute Gasteiger partial charge is 0.374 e. The average molecular weight is 838 g/mol. The van der Waals surface area contributed by atoms with Gasteiger partial charge in [-0.2, -0.15) is 15.5 Å². The second-order valence-corrected chi connectivity index (χ2v) is 17.7. The molecule has 1 unspecified atom stereocenters. The number of rotatable bonds is 10. The number of allylic oxidation sites excluding steroid dienone is 3. The average Bonchev–Trinajstić information content (AvgIpc) is 3.87. The van der Waals surface area contributed by atoms with Crippen molar-refractivity contribution < 1.29 is 9.59 Å². The van der Waals surface area contributed by atoms with Crippen molar-refractivity contribution in [3.63, 3.8) is 0 Å². The van der Waals surface area contributed by atoms with Gasteiger partial charge >= 0.3 is 0 Å². The first-order chi connectivity index (χ1) is 26.3. The van der Waals surface area contributed by atoms with Crippen LogP contribution < -0.4 is 10.6 Å². The second-order valence-electron chi connectivity index (χ2n) is 15.4. The van der Waals surface area contributed by atoms with Gasteiger partial charge in [0.05, 0.1) is 33.2 Å². The van der Waals surface area contributed by atoms with E-state index in [0.717, 1.165) is 65.3 Å². The predicted molar refractivity (Wildman–Crippen MR) is 221 cm³/mol. The third-order valence-electron chi connectivity index (χ3n) is 11.7. The summed E-state index contributed by atoms with van der Waals surface area (Å²) in [5.74, 6) is 0.910. The first kappa shape index (κ1) is 36.4. The summed E-state index contributed by atoms with van der Waals surface area (Å²) in [4.78, 5) is 28.4. The van der Waals surface area contributed by atoms with Crippen LogP contribution in [0.4, 0.5) is 5.69 Å². The van der Waals surface area contributed by atoms with Gasteiger partial charge in [-0.25, -0.2) is 4.52 Å². The maximum absolute atomic E-state index is 12.1. The lowest BCUT2D eigenvalue weighted by atomic mass is 9.83. The van der Waals surface area contributed by atoms with Crippen molar-refractivity contribution in [2.24, 2.45) is 5.92 Å². The number of imide groups is 1. The minimum absolute atomic E-state index is 0.190. The van der Waals surface area contributed by atoms with Crippen LogP contribution in [0.2, 0.25) is 0 Å². The van der Waals surface area contributed by atoms with Gasteiger partial charge in [0.25, 0.3) is 0 Å². The molecule has 1 saturated carbocycles. The van der Waals surface area contributed by atoms with Gasteiger partial charge in [-0.3, -0.25) is 19.6 Å². The number of aromatic nitrogens is 4. The zero-order chi connectivity index (χ0) is 37.2. The third-order valence-corrected chi connectivity index (χ3v) is 14.6. The quantitative estimate of drug-likeness (QED) is 0.101. The van der Waals surface area contributed by atoms with Crippen LogP contribution in [0.15, 0.2) is 71.0 Å². The number of anilines is 1. The van der Waals surface area contributed by atoms with E-state index in [9.17, 15) is 14.9 Å². The molecule has 4 aliphatic rings. The van der Waals surface area contributed by atoms with Crippen molar-refractivity contribution in [2.75, 3.05) is 39.0 Å². The zero-order valence-electron chi connectivity index (χ0n) is 31.0. The number of halogens is 1. The van der Waals surface area contributed by atoms with Gasteiger partial charge < -0.3 is 15.1 Å². The smallest absolute Gasteiger partial charge is 0.249 e. The van der Waals surface area contributed by atoms with Crippen LogP contribution in [0.3, 0.4) is 0 Å². The number of hydrogen-bond acceptors (Lipinski definition) is 8. The number of carbonyl (C=O) groups excluding carboxylic acids is 2. The van der Waals surface area contributed by atoms with Crippen LogP contribution in [-0.4, -0.2) is 84.8 Å². The van der Waals surface area contributed by atoms with Crippen LogP contribution in [0.1, 0.15) is 86.4 Å². The Morgan fingerprint density at radius 3 is 2.46 bits per heavy atom. The summed E-state index contributed by atoms with van der Waals surface area (Å²) in [7, 11) is 4.18. The molecule has 3 fully saturated rings. The van der Waals surface area contributed by atoms with Gasteiger partial charge in [-0.15, -0.1) is 0 Å². The molecular weight excluding hydrogens is 789 g/mol. The molecule has 1 aromatic carbocycles. The zero-order valence-corrected chi connectivity index (χ0v) is 33.2. The molecule has 0 bridgehead atoms. The normalized spacial score (nSPS) is 22.6. The Morgan fingerprint density at radius 2 is 1.76 bits per heavy atom. The topological polar surface area (TPSA) is 124 Å². The summed E-state index contributed by atoms with van der Waals surface area (Å²) in [6, 6.07) is 13.2. The predicted octanol–water partition coefficient (Wildman–Crippen LogP) is 6.86. The van der Waals surface area contributed by atoms with E-state index in [1.165, 1.54) is 47.9 Å². The summed E-state index contributed by atoms with van der Waals surface area (Å²) in [5.41, 5.74) is 8.08. The number of fused-ring (bicyclic) bond motifs is 1. The molecule has 54 heavy (non-hydrogen) atoms. The summed E-state index contributed by atoms with van der Waals surface area (Å²) in [6.45, 7) is 3.46. The van der Waals surface area contributed by atoms with Crippen LogP contribution in [0.25, 0.3) is 22.2 Å². The molecule has 3 aliphatic heterocycles. The SMILES string of the molecule is CN(C)C1=CC=C(c2cc(-c3cnn(C4CCC(CCN5CCC(c6ccc(NC7CCC(=O)NC7=O)cc6)CC5)CC4)c3)cn3ncc(C#N)c23)C=I1. The highest BCUT2D eigenvalue weighted by molar-refractivity contribution is 14.2. The lowest BCUT2D eigenvalue weighted by molar-refractivity contribution is -0.133. The number of nitriles is 1. The van der Waals surface area contributed by atoms with E-state index in [2.05, 4.69) is 103 Å². The molecule has 2 amide bonds. The molecular formula is C42H48IN9O2. The fraction of sp³-hybridized carbons (Fsp3) is 0.429. The van der Waals surface area contributed by atoms with Crippen molar-refractivity contribution >= 4 is 53.3 Å². The van der Waals surface area contributed by atoms with Crippen molar-refractivity contribution in [3.8, 4) is 17.2 Å². The summed E-state index contributed by atoms with van der Waals surface area (Å²) in [6.07, 6.45) is 21.6. The number of likely N-dealkylation sites (tertiary alicyclic amines) is 1. The van der Waals surface area contributed by atoms with Crippen LogP contribution >= 0.6 is 20.7 Å². The Kier molecular flexibility index (Phi) is 10.8. The minimum atomic E-state index is -0.352. The molecule has 280 valence electrons. The number of carbonyl (C=O) groups is 2. The fourth-order valence-corrected chi connectivity index (χ4v) is 10.6. The third kappa shape index (κ3) is 7.93. The van der Waals surface area contributed by atoms with Gasteiger partial charge in [0, 0.05) is 55.3 Å². The maximum Gasteiger partial charge on any atom is 0.249 e. The minimum Gasteiger partial charge on any atom is -0.374 e. The molecule has 4 aromatic rings. The number of benzene rings is 1. The Hall–Kier alpha value is -4.61. The lowest BCUT2D eigenvalue weighted by Crippen LogP contribution is -2.47. The van der Waals surface area contributed by atoms with E-state index < -0.39 is 0 Å². The number of pyridine rings is 1. The van der Waals surface area contributed by atoms with Crippen LogP contribution in [0, 0.1) is 17.2 Å². The lowest BCUT2D eigenvalue weighted by Gasteiger charge is -2.34. The molecule has 11 nitrogen and oxygen atoms in total. The van der Waals surface area contributed by atoms with Crippen LogP contribution in [0.5, 0.6) is 0 Å². The van der Waals surface area contributed by atoms with Gasteiger partial charge in [-0.05, 0) is 122 Å². The molecule has 0 spiro atoms. The number of nitrogens with zero attached hydrogens (tertiary/aromatic N) is 7. The van der Waals surface area contributed by atoms with E-state index in [4.69, 9.17) is 5.10 Å². The fourth-order valence-electron chi connectivity index (χ4n) is 8.45. The highest BCUT2D eigenvalue weighted by atomic mass is 127. The summed E-state index contributed by atoms with van der Waals surface area (Å²) in [5, 5.41) is 25.0. The first-order valence-corrected chi connectivity index (χ1v) is 21.6. The monoisotopic (exact) mass is 837 g/mol. The van der Waals surface area contributed by atoms with Gasteiger partial charge in [0.1, 0.15) is 12.1 Å². The second kappa shape index (κ2) is 16.0. The molecule has 0 radical (unpaired) electrons. The molecule has 8 rings (SSSR count). The van der Waals surface area contributed by atoms with Gasteiger partial charge in [-0.1, -0.05) is 38.9 Å². The number of piperidine rings is 2.